The summed E-state index contributed by atoms with van der Waals surface area (Å²) < 4.78 is 2.04. The highest BCUT2D eigenvalue weighted by Crippen LogP contribution is 2.33. The Kier molecular flexibility index (Phi) is 6.39. The van der Waals surface area contributed by atoms with Crippen LogP contribution in [0.3, 0.4) is 0 Å². The molecule has 3 aromatic carbocycles. The van der Waals surface area contributed by atoms with E-state index >= 15 is 0 Å². The van der Waals surface area contributed by atoms with Crippen LogP contribution in [-0.4, -0.2) is 21.5 Å². The predicted molar refractivity (Wildman–Crippen MR) is 135 cm³/mol. The van der Waals surface area contributed by atoms with Gasteiger partial charge in [-0.15, -0.1) is 0 Å². The highest BCUT2D eigenvalue weighted by atomic mass is 35.5. The average Bonchev–Trinajstić information content (AvgIpc) is 3.21. The monoisotopic (exact) mass is 477 g/mol. The first-order chi connectivity index (χ1) is 16.1. The van der Waals surface area contributed by atoms with Crippen LogP contribution in [0.5, 0.6) is 0 Å². The minimum absolute atomic E-state index is 0.0254. The Morgan fingerprint density at radius 2 is 1.52 bits per heavy atom. The summed E-state index contributed by atoms with van der Waals surface area (Å²) >= 11 is 12.3. The summed E-state index contributed by atoms with van der Waals surface area (Å²) in [6.07, 6.45) is 5.59. The Morgan fingerprint density at radius 1 is 0.879 bits per heavy atom. The quantitative estimate of drug-likeness (QED) is 0.334. The third-order valence-electron chi connectivity index (χ3n) is 6.34. The predicted octanol–water partition coefficient (Wildman–Crippen LogP) is 7.05. The molecule has 0 spiro atoms. The van der Waals surface area contributed by atoms with Crippen LogP contribution in [0.25, 0.3) is 22.4 Å². The zero-order chi connectivity index (χ0) is 22.8. The number of fused-ring (bicyclic) bond motifs is 1. The zero-order valence-electron chi connectivity index (χ0n) is 18.2. The number of hydrogen-bond acceptors (Lipinski definition) is 2. The Balaban J connectivity index is 1.67. The molecule has 6 heteroatoms. The summed E-state index contributed by atoms with van der Waals surface area (Å²) in [6.45, 7) is 0. The molecule has 5 rings (SSSR count). The van der Waals surface area contributed by atoms with E-state index in [1.165, 1.54) is 6.42 Å². The topological polar surface area (TPSA) is 46.9 Å². The number of nitrogens with one attached hydrogen (secondary N) is 1. The number of amides is 1. The van der Waals surface area contributed by atoms with Crippen LogP contribution in [0, 0.1) is 0 Å². The Labute approximate surface area is 203 Å². The van der Waals surface area contributed by atoms with E-state index in [0.29, 0.717) is 10.0 Å². The van der Waals surface area contributed by atoms with E-state index < -0.39 is 6.04 Å². The second kappa shape index (κ2) is 9.58. The molecule has 4 aromatic rings. The standard InChI is InChI=1S/C27H25Cl2N3O/c28-20-14-10-18(11-15-20)25(27(33)30-22-6-2-1-3-7-22)32-24-9-5-4-8-23(24)31-26(32)19-12-16-21(29)17-13-19/h4-5,8-17,22,25H,1-3,6-7H2,(H,30,33). The first-order valence-electron chi connectivity index (χ1n) is 11.4. The molecular formula is C27H25Cl2N3O. The van der Waals surface area contributed by atoms with Gasteiger partial charge in [-0.25, -0.2) is 4.98 Å². The summed E-state index contributed by atoms with van der Waals surface area (Å²) in [5, 5.41) is 4.63. The summed E-state index contributed by atoms with van der Waals surface area (Å²) in [6, 6.07) is 22.6. The van der Waals surface area contributed by atoms with E-state index in [9.17, 15) is 4.79 Å². The molecule has 1 N–H and O–H groups in total. The summed E-state index contributed by atoms with van der Waals surface area (Å²) in [7, 11) is 0. The maximum absolute atomic E-state index is 13.9. The van der Waals surface area contributed by atoms with Gasteiger partial charge in [0.15, 0.2) is 0 Å². The van der Waals surface area contributed by atoms with Crippen LogP contribution < -0.4 is 5.32 Å². The minimum Gasteiger partial charge on any atom is -0.351 e. The van der Waals surface area contributed by atoms with Gasteiger partial charge < -0.3 is 9.88 Å². The largest absolute Gasteiger partial charge is 0.351 e. The molecule has 0 radical (unpaired) electrons. The fraction of sp³-hybridized carbons (Fsp3) is 0.259. The maximum atomic E-state index is 13.9. The third-order valence-corrected chi connectivity index (χ3v) is 6.85. The van der Waals surface area contributed by atoms with E-state index in [1.54, 1.807) is 0 Å². The SMILES string of the molecule is O=C(NC1CCCCC1)C(c1ccc(Cl)cc1)n1c(-c2ccc(Cl)cc2)nc2ccccc21. The smallest absolute Gasteiger partial charge is 0.248 e. The van der Waals surface area contributed by atoms with Gasteiger partial charge in [0.25, 0.3) is 0 Å². The second-order valence-electron chi connectivity index (χ2n) is 8.60. The van der Waals surface area contributed by atoms with Gasteiger partial charge in [0.05, 0.1) is 11.0 Å². The first kappa shape index (κ1) is 22.0. The van der Waals surface area contributed by atoms with Crippen LogP contribution >= 0.6 is 23.2 Å². The van der Waals surface area contributed by atoms with Crippen molar-refractivity contribution in [1.82, 2.24) is 14.9 Å². The molecule has 1 aromatic heterocycles. The van der Waals surface area contributed by atoms with Gasteiger partial charge in [-0.1, -0.05) is 66.7 Å². The highest BCUT2D eigenvalue weighted by Gasteiger charge is 2.29. The van der Waals surface area contributed by atoms with Gasteiger partial charge in [-0.3, -0.25) is 4.79 Å². The molecule has 0 bridgehead atoms. The van der Waals surface area contributed by atoms with E-state index in [1.807, 2.05) is 77.4 Å². The van der Waals surface area contributed by atoms with Crippen molar-refractivity contribution < 1.29 is 4.79 Å². The lowest BCUT2D eigenvalue weighted by atomic mass is 9.95. The number of carbonyl (C=O) groups is 1. The number of imidazole rings is 1. The van der Waals surface area contributed by atoms with Gasteiger partial charge in [0, 0.05) is 21.7 Å². The maximum Gasteiger partial charge on any atom is 0.248 e. The van der Waals surface area contributed by atoms with Crippen molar-refractivity contribution in [3.63, 3.8) is 0 Å². The molecule has 1 atom stereocenters. The molecule has 1 heterocycles. The molecular weight excluding hydrogens is 453 g/mol. The zero-order valence-corrected chi connectivity index (χ0v) is 19.7. The van der Waals surface area contributed by atoms with Crippen molar-refractivity contribution in [2.45, 2.75) is 44.2 Å². The normalized spacial score (nSPS) is 15.5. The number of hydrogen-bond donors (Lipinski definition) is 1. The van der Waals surface area contributed by atoms with Crippen molar-refractivity contribution in [2.75, 3.05) is 0 Å². The molecule has 1 unspecified atom stereocenters. The van der Waals surface area contributed by atoms with Crippen LogP contribution in [0.15, 0.2) is 72.8 Å². The number of nitrogens with zero attached hydrogens (tertiary/aromatic N) is 2. The van der Waals surface area contributed by atoms with Crippen LogP contribution in [-0.2, 0) is 4.79 Å². The lowest BCUT2D eigenvalue weighted by Crippen LogP contribution is -2.41. The van der Waals surface area contributed by atoms with E-state index in [0.717, 1.165) is 53.7 Å². The fourth-order valence-electron chi connectivity index (χ4n) is 4.70. The Bertz CT molecular complexity index is 1260. The minimum atomic E-state index is -0.581. The number of halogens is 2. The van der Waals surface area contributed by atoms with Crippen molar-refractivity contribution >= 4 is 40.1 Å². The Hall–Kier alpha value is -2.82. The molecule has 33 heavy (non-hydrogen) atoms. The molecule has 0 aliphatic heterocycles. The van der Waals surface area contributed by atoms with Gasteiger partial charge in [0.2, 0.25) is 5.91 Å². The molecule has 1 amide bonds. The van der Waals surface area contributed by atoms with Gasteiger partial charge in [-0.2, -0.15) is 0 Å². The Morgan fingerprint density at radius 3 is 2.21 bits per heavy atom. The first-order valence-corrected chi connectivity index (χ1v) is 12.1. The summed E-state index contributed by atoms with van der Waals surface area (Å²) in [4.78, 5) is 18.8. The molecule has 1 aliphatic carbocycles. The lowest BCUT2D eigenvalue weighted by Gasteiger charge is -2.27. The molecule has 4 nitrogen and oxygen atoms in total. The van der Waals surface area contributed by atoms with E-state index in [4.69, 9.17) is 28.2 Å². The number of aromatic nitrogens is 2. The molecule has 1 saturated carbocycles. The third kappa shape index (κ3) is 4.64. The fourth-order valence-corrected chi connectivity index (χ4v) is 4.95. The van der Waals surface area contributed by atoms with Gasteiger partial charge in [-0.05, 0) is 66.9 Å². The average molecular weight is 478 g/mol. The van der Waals surface area contributed by atoms with Gasteiger partial charge >= 0.3 is 0 Å². The van der Waals surface area contributed by atoms with E-state index in [2.05, 4.69) is 5.32 Å². The van der Waals surface area contributed by atoms with Crippen molar-refractivity contribution in [1.29, 1.82) is 0 Å². The second-order valence-corrected chi connectivity index (χ2v) is 9.47. The van der Waals surface area contributed by atoms with Crippen LogP contribution in [0.4, 0.5) is 0 Å². The van der Waals surface area contributed by atoms with Crippen molar-refractivity contribution in [2.24, 2.45) is 0 Å². The van der Waals surface area contributed by atoms with Gasteiger partial charge in [0.1, 0.15) is 11.9 Å². The van der Waals surface area contributed by atoms with Crippen LogP contribution in [0.1, 0.15) is 43.7 Å². The van der Waals surface area contributed by atoms with Crippen molar-refractivity contribution in [3.05, 3.63) is 88.4 Å². The highest BCUT2D eigenvalue weighted by molar-refractivity contribution is 6.30. The summed E-state index contributed by atoms with van der Waals surface area (Å²) in [5.74, 6) is 0.703. The molecule has 168 valence electrons. The lowest BCUT2D eigenvalue weighted by molar-refractivity contribution is -0.124. The number of rotatable bonds is 5. The number of carbonyl (C=O) groups excluding carboxylic acids is 1. The van der Waals surface area contributed by atoms with Crippen LogP contribution in [0.2, 0.25) is 10.0 Å². The van der Waals surface area contributed by atoms with E-state index in [-0.39, 0.29) is 11.9 Å². The number of para-hydroxylation sites is 2. The number of benzene rings is 3. The molecule has 1 fully saturated rings. The van der Waals surface area contributed by atoms with Crippen molar-refractivity contribution in [3.8, 4) is 11.4 Å². The molecule has 1 aliphatic rings. The summed E-state index contributed by atoms with van der Waals surface area (Å²) in [5.41, 5.74) is 3.51. The molecule has 0 saturated heterocycles.